The summed E-state index contributed by atoms with van der Waals surface area (Å²) in [5, 5.41) is 11.8. The number of oxime groups is 1. The molecule has 0 aliphatic heterocycles. The van der Waals surface area contributed by atoms with Crippen molar-refractivity contribution >= 4 is 33.5 Å². The third kappa shape index (κ3) is 3.48. The monoisotopic (exact) mass is 340 g/mol. The molecule has 0 saturated carbocycles. The summed E-state index contributed by atoms with van der Waals surface area (Å²) in [7, 11) is 0. The smallest absolute Gasteiger partial charge is 0.171 e. The Labute approximate surface area is 122 Å². The fourth-order valence-corrected chi connectivity index (χ4v) is 3.06. The summed E-state index contributed by atoms with van der Waals surface area (Å²) in [5.41, 5.74) is 6.22. The van der Waals surface area contributed by atoms with Crippen molar-refractivity contribution < 1.29 is 9.60 Å². The van der Waals surface area contributed by atoms with E-state index in [-0.39, 0.29) is 11.7 Å². The van der Waals surface area contributed by atoms with Crippen LogP contribution in [0.4, 0.5) is 4.39 Å². The minimum Gasteiger partial charge on any atom is -0.409 e. The molecule has 0 aliphatic carbocycles. The third-order valence-corrected chi connectivity index (χ3v) is 3.89. The quantitative estimate of drug-likeness (QED) is 0.386. The molecule has 0 saturated heterocycles. The van der Waals surface area contributed by atoms with Crippen molar-refractivity contribution in [1.82, 2.24) is 0 Å². The Morgan fingerprint density at radius 3 is 2.74 bits per heavy atom. The van der Waals surface area contributed by atoms with E-state index in [1.165, 1.54) is 23.9 Å². The zero-order chi connectivity index (χ0) is 13.8. The lowest BCUT2D eigenvalue weighted by atomic mass is 10.2. The normalized spacial score (nSPS) is 11.6. The van der Waals surface area contributed by atoms with Crippen LogP contribution in [0.2, 0.25) is 0 Å². The highest BCUT2D eigenvalue weighted by Crippen LogP contribution is 2.32. The van der Waals surface area contributed by atoms with Gasteiger partial charge in [-0.15, -0.1) is 0 Å². The molecular formula is C13H10BrFN2OS. The first-order valence-electron chi connectivity index (χ1n) is 5.31. The number of halogens is 2. The van der Waals surface area contributed by atoms with E-state index in [1.807, 2.05) is 6.07 Å². The van der Waals surface area contributed by atoms with Gasteiger partial charge in [0.2, 0.25) is 0 Å². The van der Waals surface area contributed by atoms with Gasteiger partial charge in [0, 0.05) is 19.8 Å². The molecule has 2 aromatic rings. The minimum atomic E-state index is -0.301. The van der Waals surface area contributed by atoms with E-state index in [0.717, 1.165) is 14.3 Å². The molecule has 98 valence electrons. The molecule has 3 N–H and O–H groups in total. The van der Waals surface area contributed by atoms with Crippen LogP contribution in [-0.2, 0) is 0 Å². The molecule has 0 unspecified atom stereocenters. The molecule has 3 nitrogen and oxygen atoms in total. The van der Waals surface area contributed by atoms with Crippen LogP contribution in [0, 0.1) is 5.82 Å². The molecule has 0 amide bonds. The van der Waals surface area contributed by atoms with E-state index >= 15 is 0 Å². The van der Waals surface area contributed by atoms with E-state index in [2.05, 4.69) is 21.1 Å². The van der Waals surface area contributed by atoms with Crippen molar-refractivity contribution in [3.05, 3.63) is 58.3 Å². The fourth-order valence-electron chi connectivity index (χ4n) is 1.50. The molecule has 0 aliphatic rings. The first-order valence-corrected chi connectivity index (χ1v) is 6.92. The summed E-state index contributed by atoms with van der Waals surface area (Å²) < 4.78 is 14.0. The second-order valence-electron chi connectivity index (χ2n) is 3.69. The SMILES string of the molecule is N/C(=N/O)c1ccc(Br)cc1Sc1cccc(F)c1. The van der Waals surface area contributed by atoms with Gasteiger partial charge in [0.05, 0.1) is 0 Å². The van der Waals surface area contributed by atoms with Crippen LogP contribution in [0.3, 0.4) is 0 Å². The van der Waals surface area contributed by atoms with Gasteiger partial charge in [-0.3, -0.25) is 0 Å². The second-order valence-corrected chi connectivity index (χ2v) is 5.72. The molecule has 2 aromatic carbocycles. The molecule has 0 spiro atoms. The summed E-state index contributed by atoms with van der Waals surface area (Å²) in [6, 6.07) is 11.6. The van der Waals surface area contributed by atoms with Crippen molar-refractivity contribution in [3.63, 3.8) is 0 Å². The minimum absolute atomic E-state index is 0.0198. The van der Waals surface area contributed by atoms with Crippen LogP contribution in [-0.4, -0.2) is 11.0 Å². The van der Waals surface area contributed by atoms with Gasteiger partial charge < -0.3 is 10.9 Å². The van der Waals surface area contributed by atoms with Gasteiger partial charge in [-0.25, -0.2) is 4.39 Å². The van der Waals surface area contributed by atoms with Gasteiger partial charge in [-0.05, 0) is 36.4 Å². The summed E-state index contributed by atoms with van der Waals surface area (Å²) in [6.07, 6.45) is 0. The third-order valence-electron chi connectivity index (χ3n) is 2.35. The summed E-state index contributed by atoms with van der Waals surface area (Å²) in [4.78, 5) is 1.51. The van der Waals surface area contributed by atoms with E-state index in [4.69, 9.17) is 10.9 Å². The molecule has 0 heterocycles. The Balaban J connectivity index is 2.41. The Bertz CT molecular complexity index is 634. The van der Waals surface area contributed by atoms with Gasteiger partial charge >= 0.3 is 0 Å². The Hall–Kier alpha value is -1.53. The molecule has 0 aromatic heterocycles. The number of rotatable bonds is 3. The molecule has 2 rings (SSSR count). The number of hydrogen-bond donors (Lipinski definition) is 2. The zero-order valence-electron chi connectivity index (χ0n) is 9.68. The number of hydrogen-bond acceptors (Lipinski definition) is 3. The highest BCUT2D eigenvalue weighted by molar-refractivity contribution is 9.10. The molecule has 0 radical (unpaired) electrons. The second kappa shape index (κ2) is 6.08. The fraction of sp³-hybridized carbons (Fsp3) is 0. The lowest BCUT2D eigenvalue weighted by Crippen LogP contribution is -2.14. The predicted octanol–water partition coefficient (Wildman–Crippen LogP) is 3.83. The maximum Gasteiger partial charge on any atom is 0.171 e. The van der Waals surface area contributed by atoms with Crippen LogP contribution in [0.5, 0.6) is 0 Å². The molecule has 6 heteroatoms. The van der Waals surface area contributed by atoms with Crippen molar-refractivity contribution in [1.29, 1.82) is 0 Å². The highest BCUT2D eigenvalue weighted by Gasteiger charge is 2.09. The number of nitrogens with zero attached hydrogens (tertiary/aromatic N) is 1. The van der Waals surface area contributed by atoms with E-state index in [0.29, 0.717) is 5.56 Å². The van der Waals surface area contributed by atoms with E-state index in [1.54, 1.807) is 24.3 Å². The molecule has 19 heavy (non-hydrogen) atoms. The van der Waals surface area contributed by atoms with Crippen molar-refractivity contribution in [3.8, 4) is 0 Å². The lowest BCUT2D eigenvalue weighted by Gasteiger charge is -2.08. The van der Waals surface area contributed by atoms with Gasteiger partial charge in [-0.2, -0.15) is 0 Å². The Morgan fingerprint density at radius 1 is 1.26 bits per heavy atom. The largest absolute Gasteiger partial charge is 0.409 e. The average molecular weight is 341 g/mol. The van der Waals surface area contributed by atoms with Gasteiger partial charge in [-0.1, -0.05) is 38.9 Å². The molecule has 0 bridgehead atoms. The van der Waals surface area contributed by atoms with Crippen LogP contribution in [0.25, 0.3) is 0 Å². The number of amidine groups is 1. The number of benzene rings is 2. The van der Waals surface area contributed by atoms with Gasteiger partial charge in [0.15, 0.2) is 5.84 Å². The maximum atomic E-state index is 13.2. The predicted molar refractivity (Wildman–Crippen MR) is 77.2 cm³/mol. The standard InChI is InChI=1S/C13H10BrFN2OS/c14-8-4-5-11(13(16)17-18)12(6-8)19-10-3-1-2-9(15)7-10/h1-7,18H,(H2,16,17). The Morgan fingerprint density at radius 2 is 2.05 bits per heavy atom. The summed E-state index contributed by atoms with van der Waals surface area (Å²) in [5.74, 6) is -0.281. The lowest BCUT2D eigenvalue weighted by molar-refractivity contribution is 0.318. The van der Waals surface area contributed by atoms with Crippen molar-refractivity contribution in [2.24, 2.45) is 10.9 Å². The molecular weight excluding hydrogens is 331 g/mol. The van der Waals surface area contributed by atoms with Crippen LogP contribution in [0.1, 0.15) is 5.56 Å². The highest BCUT2D eigenvalue weighted by atomic mass is 79.9. The first kappa shape index (κ1) is 13.9. The molecule has 0 atom stereocenters. The van der Waals surface area contributed by atoms with Crippen LogP contribution >= 0.6 is 27.7 Å². The Kier molecular flexibility index (Phi) is 4.44. The van der Waals surface area contributed by atoms with E-state index < -0.39 is 0 Å². The maximum absolute atomic E-state index is 13.2. The topological polar surface area (TPSA) is 58.6 Å². The van der Waals surface area contributed by atoms with Gasteiger partial charge in [0.25, 0.3) is 0 Å². The van der Waals surface area contributed by atoms with Gasteiger partial charge in [0.1, 0.15) is 5.82 Å². The van der Waals surface area contributed by atoms with Crippen molar-refractivity contribution in [2.75, 3.05) is 0 Å². The number of nitrogens with two attached hydrogens (primary N) is 1. The average Bonchev–Trinajstić information content (AvgIpc) is 2.38. The van der Waals surface area contributed by atoms with Crippen LogP contribution in [0.15, 0.2) is 61.9 Å². The zero-order valence-corrected chi connectivity index (χ0v) is 12.1. The summed E-state index contributed by atoms with van der Waals surface area (Å²) in [6.45, 7) is 0. The first-order chi connectivity index (χ1) is 9.10. The molecule has 0 fully saturated rings. The summed E-state index contributed by atoms with van der Waals surface area (Å²) >= 11 is 4.71. The van der Waals surface area contributed by atoms with Crippen LogP contribution < -0.4 is 5.73 Å². The van der Waals surface area contributed by atoms with E-state index in [9.17, 15) is 4.39 Å². The van der Waals surface area contributed by atoms with Crippen molar-refractivity contribution in [2.45, 2.75) is 9.79 Å².